The van der Waals surface area contributed by atoms with Crippen molar-refractivity contribution >= 4 is 43.1 Å². The third-order valence-electron chi connectivity index (χ3n) is 5.34. The molecule has 3 aromatic carbocycles. The summed E-state index contributed by atoms with van der Waals surface area (Å²) in [5, 5.41) is 4.83. The number of pyridine rings is 2. The fourth-order valence-electron chi connectivity index (χ4n) is 3.89. The summed E-state index contributed by atoms with van der Waals surface area (Å²) in [6.07, 6.45) is 3.83. The van der Waals surface area contributed by atoms with Crippen molar-refractivity contribution in [1.29, 1.82) is 0 Å². The van der Waals surface area contributed by atoms with Crippen LogP contribution in [0.4, 0.5) is 0 Å². The molecule has 3 heteroatoms. The second kappa shape index (κ2) is 6.50. The van der Waals surface area contributed by atoms with Gasteiger partial charge in [0.25, 0.3) is 0 Å². The van der Waals surface area contributed by atoms with Gasteiger partial charge in [0.2, 0.25) is 0 Å². The number of hydrogen-bond acceptors (Lipinski definition) is 3. The lowest BCUT2D eigenvalue weighted by atomic mass is 10.0. The lowest BCUT2D eigenvalue weighted by molar-refractivity contribution is 1.34. The zero-order valence-electron chi connectivity index (χ0n) is 15.5. The molecule has 6 rings (SSSR count). The number of fused-ring (bicyclic) bond motifs is 4. The Morgan fingerprint density at radius 3 is 2.41 bits per heavy atom. The van der Waals surface area contributed by atoms with E-state index in [2.05, 4.69) is 77.8 Å². The minimum absolute atomic E-state index is 1.02. The monoisotopic (exact) mass is 388 g/mol. The average Bonchev–Trinajstić information content (AvgIpc) is 3.23. The van der Waals surface area contributed by atoms with Crippen molar-refractivity contribution in [2.75, 3.05) is 0 Å². The first-order chi connectivity index (χ1) is 14.3. The van der Waals surface area contributed by atoms with Crippen molar-refractivity contribution in [2.45, 2.75) is 0 Å². The molecule has 3 heterocycles. The van der Waals surface area contributed by atoms with Crippen LogP contribution in [0.3, 0.4) is 0 Å². The molecular weight excluding hydrogens is 372 g/mol. The van der Waals surface area contributed by atoms with E-state index in [1.807, 2.05) is 24.5 Å². The van der Waals surface area contributed by atoms with Crippen LogP contribution in [-0.2, 0) is 0 Å². The molecule has 29 heavy (non-hydrogen) atoms. The maximum absolute atomic E-state index is 4.81. The molecule has 0 spiro atoms. The maximum Gasteiger partial charge on any atom is 0.0802 e. The van der Waals surface area contributed by atoms with E-state index in [9.17, 15) is 0 Å². The molecule has 0 N–H and O–H groups in total. The van der Waals surface area contributed by atoms with Gasteiger partial charge in [-0.25, -0.2) is 0 Å². The van der Waals surface area contributed by atoms with Gasteiger partial charge < -0.3 is 0 Å². The van der Waals surface area contributed by atoms with E-state index in [1.54, 1.807) is 11.3 Å². The van der Waals surface area contributed by atoms with Crippen LogP contribution in [0.25, 0.3) is 53.5 Å². The molecule has 0 aliphatic carbocycles. The third kappa shape index (κ3) is 2.79. The molecule has 0 unspecified atom stereocenters. The van der Waals surface area contributed by atoms with E-state index >= 15 is 0 Å². The first-order valence-electron chi connectivity index (χ1n) is 9.58. The highest BCUT2D eigenvalue weighted by atomic mass is 32.1. The molecule has 0 aliphatic heterocycles. The fourth-order valence-corrected chi connectivity index (χ4v) is 4.91. The number of rotatable bonds is 2. The van der Waals surface area contributed by atoms with Crippen LogP contribution in [0, 0.1) is 0 Å². The van der Waals surface area contributed by atoms with Gasteiger partial charge in [0.15, 0.2) is 0 Å². The van der Waals surface area contributed by atoms with Crippen molar-refractivity contribution < 1.29 is 0 Å². The van der Waals surface area contributed by atoms with E-state index in [1.165, 1.54) is 36.7 Å². The number of thiophene rings is 1. The lowest BCUT2D eigenvalue weighted by Gasteiger charge is -2.06. The molecule has 0 fully saturated rings. The second-order valence-electron chi connectivity index (χ2n) is 7.16. The van der Waals surface area contributed by atoms with Crippen molar-refractivity contribution in [3.8, 4) is 21.7 Å². The zero-order chi connectivity index (χ0) is 19.2. The molecular formula is C26H16N2S. The van der Waals surface area contributed by atoms with Crippen molar-refractivity contribution in [2.24, 2.45) is 0 Å². The van der Waals surface area contributed by atoms with Crippen LogP contribution < -0.4 is 0 Å². The Morgan fingerprint density at radius 2 is 1.48 bits per heavy atom. The van der Waals surface area contributed by atoms with Crippen LogP contribution in [0.2, 0.25) is 0 Å². The van der Waals surface area contributed by atoms with Gasteiger partial charge in [-0.2, -0.15) is 0 Å². The highest BCUT2D eigenvalue weighted by molar-refractivity contribution is 7.22. The van der Waals surface area contributed by atoms with E-state index in [0.29, 0.717) is 0 Å². The largest absolute Gasteiger partial charge is 0.255 e. The molecule has 6 aromatic rings. The SMILES string of the molecule is c1ccc(-c2cc3cc(-c4cnc5c(ccc6ccccc65)c4)ccc3s2)nc1. The molecule has 0 radical (unpaired) electrons. The quantitative estimate of drug-likeness (QED) is 0.290. The van der Waals surface area contributed by atoms with Gasteiger partial charge >= 0.3 is 0 Å². The minimum atomic E-state index is 1.02. The fraction of sp³-hybridized carbons (Fsp3) is 0. The summed E-state index contributed by atoms with van der Waals surface area (Å²) in [7, 11) is 0. The van der Waals surface area contributed by atoms with Crippen LogP contribution in [0.1, 0.15) is 0 Å². The zero-order valence-corrected chi connectivity index (χ0v) is 16.4. The molecule has 136 valence electrons. The second-order valence-corrected chi connectivity index (χ2v) is 8.24. The van der Waals surface area contributed by atoms with Gasteiger partial charge in [-0.1, -0.05) is 48.5 Å². The lowest BCUT2D eigenvalue weighted by Crippen LogP contribution is -1.85. The molecule has 0 amide bonds. The van der Waals surface area contributed by atoms with E-state index in [-0.39, 0.29) is 0 Å². The van der Waals surface area contributed by atoms with Gasteiger partial charge in [0.1, 0.15) is 0 Å². The molecule has 0 bridgehead atoms. The molecule has 3 aromatic heterocycles. The Bertz CT molecular complexity index is 1500. The number of hydrogen-bond donors (Lipinski definition) is 0. The summed E-state index contributed by atoms with van der Waals surface area (Å²) in [6, 6.07) is 29.9. The van der Waals surface area contributed by atoms with Crippen LogP contribution in [0.5, 0.6) is 0 Å². The van der Waals surface area contributed by atoms with Gasteiger partial charge in [-0.3, -0.25) is 9.97 Å². The number of aromatic nitrogens is 2. The summed E-state index contributed by atoms with van der Waals surface area (Å²) < 4.78 is 1.27. The highest BCUT2D eigenvalue weighted by Crippen LogP contribution is 2.35. The van der Waals surface area contributed by atoms with E-state index < -0.39 is 0 Å². The minimum Gasteiger partial charge on any atom is -0.255 e. The summed E-state index contributed by atoms with van der Waals surface area (Å²) in [6.45, 7) is 0. The van der Waals surface area contributed by atoms with Crippen molar-refractivity contribution in [3.05, 3.63) is 97.3 Å². The summed E-state index contributed by atoms with van der Waals surface area (Å²) in [5.74, 6) is 0. The van der Waals surface area contributed by atoms with E-state index in [4.69, 9.17) is 4.98 Å². The van der Waals surface area contributed by atoms with Crippen LogP contribution in [-0.4, -0.2) is 9.97 Å². The number of benzene rings is 3. The number of nitrogens with zero attached hydrogens (tertiary/aromatic N) is 2. The normalized spacial score (nSPS) is 11.4. The van der Waals surface area contributed by atoms with E-state index in [0.717, 1.165) is 16.8 Å². The van der Waals surface area contributed by atoms with Crippen LogP contribution in [0.15, 0.2) is 97.3 Å². The smallest absolute Gasteiger partial charge is 0.0802 e. The van der Waals surface area contributed by atoms with Gasteiger partial charge in [-0.05, 0) is 52.7 Å². The average molecular weight is 388 g/mol. The first-order valence-corrected chi connectivity index (χ1v) is 10.4. The van der Waals surface area contributed by atoms with Gasteiger partial charge in [0.05, 0.1) is 16.1 Å². The molecule has 2 nitrogen and oxygen atoms in total. The first kappa shape index (κ1) is 16.4. The Labute approximate surface area is 172 Å². The third-order valence-corrected chi connectivity index (χ3v) is 6.48. The Balaban J connectivity index is 1.47. The van der Waals surface area contributed by atoms with Crippen molar-refractivity contribution in [3.63, 3.8) is 0 Å². The van der Waals surface area contributed by atoms with Crippen molar-refractivity contribution in [1.82, 2.24) is 9.97 Å². The molecule has 0 saturated heterocycles. The standard InChI is InChI=1S/C26H16N2S/c1-2-6-22-17(5-1)8-9-19-14-21(16-28-26(19)22)18-10-11-24-20(13-18)15-25(29-24)23-7-3-4-12-27-23/h1-16H. The highest BCUT2D eigenvalue weighted by Gasteiger charge is 2.08. The van der Waals surface area contributed by atoms with Crippen LogP contribution >= 0.6 is 11.3 Å². The summed E-state index contributed by atoms with van der Waals surface area (Å²) in [4.78, 5) is 10.5. The Morgan fingerprint density at radius 1 is 0.621 bits per heavy atom. The predicted octanol–water partition coefficient (Wildman–Crippen LogP) is 7.33. The summed E-state index contributed by atoms with van der Waals surface area (Å²) in [5.41, 5.74) is 4.40. The Kier molecular flexibility index (Phi) is 3.68. The van der Waals surface area contributed by atoms with Gasteiger partial charge in [0, 0.05) is 33.4 Å². The molecule has 0 saturated carbocycles. The predicted molar refractivity (Wildman–Crippen MR) is 123 cm³/mol. The summed E-state index contributed by atoms with van der Waals surface area (Å²) >= 11 is 1.78. The Hall–Kier alpha value is -3.56. The maximum atomic E-state index is 4.81. The molecule has 0 aliphatic rings. The topological polar surface area (TPSA) is 25.8 Å². The molecule has 0 atom stereocenters. The van der Waals surface area contributed by atoms with Gasteiger partial charge in [-0.15, -0.1) is 11.3 Å².